The number of hydrogen-bond donors (Lipinski definition) is 3. The SMILES string of the molecule is COc1c(C(=O)Nc2ccc(O)c(C(=O)O)c2)cc2ccccc2c1Br. The van der Waals surface area contributed by atoms with Crippen LogP contribution >= 0.6 is 15.9 Å². The average molecular weight is 416 g/mol. The van der Waals surface area contributed by atoms with Crippen molar-refractivity contribution < 1.29 is 24.5 Å². The van der Waals surface area contributed by atoms with E-state index in [4.69, 9.17) is 9.84 Å². The molecule has 0 heterocycles. The summed E-state index contributed by atoms with van der Waals surface area (Å²) in [7, 11) is 1.47. The Kier molecular flexibility index (Phi) is 4.81. The molecule has 0 bridgehead atoms. The smallest absolute Gasteiger partial charge is 0.339 e. The first-order valence-electron chi connectivity index (χ1n) is 7.55. The number of amides is 1. The molecule has 6 nitrogen and oxygen atoms in total. The summed E-state index contributed by atoms with van der Waals surface area (Å²) in [4.78, 5) is 23.9. The van der Waals surface area contributed by atoms with Gasteiger partial charge in [0.2, 0.25) is 0 Å². The van der Waals surface area contributed by atoms with E-state index in [0.717, 1.165) is 10.8 Å². The molecule has 0 aliphatic heterocycles. The highest BCUT2D eigenvalue weighted by molar-refractivity contribution is 9.10. The predicted molar refractivity (Wildman–Crippen MR) is 101 cm³/mol. The zero-order valence-corrected chi connectivity index (χ0v) is 15.2. The Labute approximate surface area is 157 Å². The van der Waals surface area contributed by atoms with E-state index in [1.165, 1.54) is 25.3 Å². The number of carbonyl (C=O) groups is 2. The first-order valence-corrected chi connectivity index (χ1v) is 8.34. The number of halogens is 1. The van der Waals surface area contributed by atoms with E-state index >= 15 is 0 Å². The number of nitrogens with one attached hydrogen (secondary N) is 1. The molecule has 132 valence electrons. The molecule has 3 N–H and O–H groups in total. The van der Waals surface area contributed by atoms with Crippen LogP contribution in [0.4, 0.5) is 5.69 Å². The van der Waals surface area contributed by atoms with E-state index in [9.17, 15) is 14.7 Å². The van der Waals surface area contributed by atoms with Crippen LogP contribution in [0.15, 0.2) is 53.0 Å². The zero-order valence-electron chi connectivity index (χ0n) is 13.6. The summed E-state index contributed by atoms with van der Waals surface area (Å²) in [5.74, 6) is -1.75. The van der Waals surface area contributed by atoms with Crippen LogP contribution < -0.4 is 10.1 Å². The minimum atomic E-state index is -1.29. The van der Waals surface area contributed by atoms with Gasteiger partial charge in [-0.15, -0.1) is 0 Å². The molecule has 1 amide bonds. The average Bonchev–Trinajstić information content (AvgIpc) is 2.63. The van der Waals surface area contributed by atoms with Crippen LogP contribution in [0.25, 0.3) is 10.8 Å². The summed E-state index contributed by atoms with van der Waals surface area (Å²) in [5.41, 5.74) is 0.244. The molecule has 0 fully saturated rings. The fraction of sp³-hybridized carbons (Fsp3) is 0.0526. The van der Waals surface area contributed by atoms with Gasteiger partial charge >= 0.3 is 5.97 Å². The van der Waals surface area contributed by atoms with Gasteiger partial charge in [0, 0.05) is 5.69 Å². The van der Waals surface area contributed by atoms with Crippen LogP contribution in [0.2, 0.25) is 0 Å². The topological polar surface area (TPSA) is 95.9 Å². The third-order valence-electron chi connectivity index (χ3n) is 3.87. The largest absolute Gasteiger partial charge is 0.507 e. The van der Waals surface area contributed by atoms with Gasteiger partial charge < -0.3 is 20.3 Å². The number of rotatable bonds is 4. The van der Waals surface area contributed by atoms with Crippen molar-refractivity contribution >= 4 is 44.3 Å². The Morgan fingerprint density at radius 3 is 2.50 bits per heavy atom. The van der Waals surface area contributed by atoms with E-state index in [1.807, 2.05) is 24.3 Å². The maximum absolute atomic E-state index is 12.7. The molecular weight excluding hydrogens is 402 g/mol. The van der Waals surface area contributed by atoms with Crippen LogP contribution in [0.3, 0.4) is 0 Å². The molecule has 7 heteroatoms. The summed E-state index contributed by atoms with van der Waals surface area (Å²) in [5, 5.41) is 23.0. The molecule has 0 aliphatic carbocycles. The lowest BCUT2D eigenvalue weighted by molar-refractivity contribution is 0.0693. The highest BCUT2D eigenvalue weighted by Crippen LogP contribution is 2.37. The minimum Gasteiger partial charge on any atom is -0.507 e. The molecule has 3 rings (SSSR count). The van der Waals surface area contributed by atoms with E-state index in [0.29, 0.717) is 15.8 Å². The quantitative estimate of drug-likeness (QED) is 0.553. The van der Waals surface area contributed by atoms with Gasteiger partial charge in [0.15, 0.2) is 0 Å². The van der Waals surface area contributed by atoms with Crippen molar-refractivity contribution in [3.8, 4) is 11.5 Å². The number of carbonyl (C=O) groups excluding carboxylic acids is 1. The second kappa shape index (κ2) is 7.05. The summed E-state index contributed by atoms with van der Waals surface area (Å²) < 4.78 is 6.04. The number of anilines is 1. The van der Waals surface area contributed by atoms with Gasteiger partial charge in [-0.05, 0) is 51.0 Å². The third-order valence-corrected chi connectivity index (χ3v) is 4.66. The van der Waals surface area contributed by atoms with E-state index in [1.54, 1.807) is 6.07 Å². The number of ether oxygens (including phenoxy) is 1. The summed E-state index contributed by atoms with van der Waals surface area (Å²) in [6, 6.07) is 13.1. The normalized spacial score (nSPS) is 10.5. The fourth-order valence-electron chi connectivity index (χ4n) is 2.64. The lowest BCUT2D eigenvalue weighted by atomic mass is 10.0. The highest BCUT2D eigenvalue weighted by atomic mass is 79.9. The second-order valence-electron chi connectivity index (χ2n) is 5.48. The number of methoxy groups -OCH3 is 1. The Morgan fingerprint density at radius 2 is 1.81 bits per heavy atom. The minimum absolute atomic E-state index is 0.247. The molecule has 0 unspecified atom stereocenters. The molecule has 0 saturated carbocycles. The first-order chi connectivity index (χ1) is 12.4. The molecule has 0 saturated heterocycles. The van der Waals surface area contributed by atoms with Gasteiger partial charge in [0.25, 0.3) is 5.91 Å². The number of benzene rings is 3. The Morgan fingerprint density at radius 1 is 1.08 bits per heavy atom. The van der Waals surface area contributed by atoms with Gasteiger partial charge in [0.05, 0.1) is 17.1 Å². The van der Waals surface area contributed by atoms with Crippen LogP contribution in [0.5, 0.6) is 11.5 Å². The van der Waals surface area contributed by atoms with E-state index < -0.39 is 11.9 Å². The van der Waals surface area contributed by atoms with Crippen LogP contribution in [0, 0.1) is 0 Å². The van der Waals surface area contributed by atoms with Gasteiger partial charge in [0.1, 0.15) is 17.1 Å². The first kappa shape index (κ1) is 17.8. The van der Waals surface area contributed by atoms with Gasteiger partial charge in [-0.25, -0.2) is 4.79 Å². The number of carboxylic acids is 1. The predicted octanol–water partition coefficient (Wildman–Crippen LogP) is 4.27. The number of aromatic hydroxyl groups is 1. The van der Waals surface area contributed by atoms with Crippen LogP contribution in [0.1, 0.15) is 20.7 Å². The van der Waals surface area contributed by atoms with Gasteiger partial charge in [-0.2, -0.15) is 0 Å². The molecule has 0 aliphatic rings. The summed E-state index contributed by atoms with van der Waals surface area (Å²) in [6.07, 6.45) is 0. The molecule has 0 atom stereocenters. The molecule has 3 aromatic carbocycles. The maximum atomic E-state index is 12.7. The molecule has 0 spiro atoms. The number of phenols is 1. The standard InChI is InChI=1S/C19H14BrNO5/c1-26-17-14(8-10-4-2-3-5-12(10)16(17)20)18(23)21-11-6-7-15(22)13(9-11)19(24)25/h2-9,22H,1H3,(H,21,23)(H,24,25). The van der Waals surface area contributed by atoms with Gasteiger partial charge in [-0.1, -0.05) is 24.3 Å². The molecule has 0 radical (unpaired) electrons. The van der Waals surface area contributed by atoms with E-state index in [2.05, 4.69) is 21.2 Å². The lowest BCUT2D eigenvalue weighted by Crippen LogP contribution is -2.14. The van der Waals surface area contributed by atoms with Crippen molar-refractivity contribution in [3.05, 3.63) is 64.1 Å². The monoisotopic (exact) mass is 415 g/mol. The van der Waals surface area contributed by atoms with Crippen LogP contribution in [-0.2, 0) is 0 Å². The van der Waals surface area contributed by atoms with Crippen molar-refractivity contribution in [2.75, 3.05) is 12.4 Å². The van der Waals surface area contributed by atoms with E-state index in [-0.39, 0.29) is 17.0 Å². The summed E-state index contributed by atoms with van der Waals surface area (Å²) >= 11 is 3.47. The van der Waals surface area contributed by atoms with Crippen molar-refractivity contribution in [3.63, 3.8) is 0 Å². The number of fused-ring (bicyclic) bond motifs is 1. The second-order valence-corrected chi connectivity index (χ2v) is 6.28. The number of aromatic carboxylic acids is 1. The zero-order chi connectivity index (χ0) is 18.8. The number of carboxylic acid groups (broad SMARTS) is 1. The van der Waals surface area contributed by atoms with Crippen LogP contribution in [-0.4, -0.2) is 29.2 Å². The summed E-state index contributed by atoms with van der Waals surface area (Å²) in [6.45, 7) is 0. The fourth-order valence-corrected chi connectivity index (χ4v) is 3.37. The molecule has 26 heavy (non-hydrogen) atoms. The Hall–Kier alpha value is -3.06. The maximum Gasteiger partial charge on any atom is 0.339 e. The third kappa shape index (κ3) is 3.21. The number of hydrogen-bond acceptors (Lipinski definition) is 4. The Bertz CT molecular complexity index is 1030. The van der Waals surface area contributed by atoms with Gasteiger partial charge in [-0.3, -0.25) is 4.79 Å². The highest BCUT2D eigenvalue weighted by Gasteiger charge is 2.19. The van der Waals surface area contributed by atoms with Crippen molar-refractivity contribution in [1.82, 2.24) is 0 Å². The molecule has 0 aromatic heterocycles. The van der Waals surface area contributed by atoms with Crippen molar-refractivity contribution in [2.45, 2.75) is 0 Å². The molecule has 3 aromatic rings. The van der Waals surface area contributed by atoms with Crippen molar-refractivity contribution in [2.24, 2.45) is 0 Å². The molecular formula is C19H14BrNO5. The van der Waals surface area contributed by atoms with Crippen molar-refractivity contribution in [1.29, 1.82) is 0 Å². The Balaban J connectivity index is 2.03. The lowest BCUT2D eigenvalue weighted by Gasteiger charge is -2.14.